The molecule has 0 atom stereocenters. The second-order valence-electron chi connectivity index (χ2n) is 6.00. The Morgan fingerprint density at radius 1 is 1.00 bits per heavy atom. The van der Waals surface area contributed by atoms with Crippen molar-refractivity contribution in [3.63, 3.8) is 0 Å². The average molecular weight is 403 g/mol. The van der Waals surface area contributed by atoms with Crippen LogP contribution >= 0.6 is 12.2 Å². The molecule has 0 saturated carbocycles. The second kappa shape index (κ2) is 11.9. The first-order valence-electron chi connectivity index (χ1n) is 9.19. The number of benzene rings is 2. The van der Waals surface area contributed by atoms with Crippen LogP contribution in [-0.4, -0.2) is 38.0 Å². The summed E-state index contributed by atoms with van der Waals surface area (Å²) < 4.78 is 16.1. The second-order valence-corrected chi connectivity index (χ2v) is 6.41. The summed E-state index contributed by atoms with van der Waals surface area (Å²) in [5.74, 6) is 1.11. The summed E-state index contributed by atoms with van der Waals surface area (Å²) in [4.78, 5) is 12.4. The number of hydrogen-bond acceptors (Lipinski definition) is 5. The fourth-order valence-corrected chi connectivity index (χ4v) is 2.49. The Kier molecular flexibility index (Phi) is 9.24. The van der Waals surface area contributed by atoms with Crippen molar-refractivity contribution < 1.29 is 19.0 Å². The van der Waals surface area contributed by atoms with Gasteiger partial charge in [-0.25, -0.2) is 0 Å². The Hall–Kier alpha value is -2.64. The lowest BCUT2D eigenvalue weighted by Crippen LogP contribution is -2.34. The summed E-state index contributed by atoms with van der Waals surface area (Å²) in [7, 11) is 1.63. The molecule has 0 heterocycles. The van der Waals surface area contributed by atoms with E-state index in [0.717, 1.165) is 24.3 Å². The summed E-state index contributed by atoms with van der Waals surface area (Å²) in [5, 5.41) is 5.87. The van der Waals surface area contributed by atoms with Crippen molar-refractivity contribution in [2.75, 3.05) is 32.2 Å². The predicted molar refractivity (Wildman–Crippen MR) is 114 cm³/mol. The summed E-state index contributed by atoms with van der Waals surface area (Å²) in [6.45, 7) is 3.75. The van der Waals surface area contributed by atoms with E-state index in [4.69, 9.17) is 26.4 Å². The third kappa shape index (κ3) is 7.54. The number of carbonyl (C=O) groups excluding carboxylic acids is 1. The smallest absolute Gasteiger partial charge is 0.257 e. The van der Waals surface area contributed by atoms with Crippen molar-refractivity contribution in [3.8, 4) is 11.5 Å². The van der Waals surface area contributed by atoms with Gasteiger partial charge in [-0.15, -0.1) is 0 Å². The number of methoxy groups -OCH3 is 1. The SMILES string of the molecule is CCCCOc1cccc(C(=O)NC(=S)Nc2ccc(OCCOC)cc2)c1. The van der Waals surface area contributed by atoms with Gasteiger partial charge in [0.1, 0.15) is 18.1 Å². The highest BCUT2D eigenvalue weighted by molar-refractivity contribution is 7.80. The fourth-order valence-electron chi connectivity index (χ4n) is 2.28. The number of amides is 1. The van der Waals surface area contributed by atoms with Crippen molar-refractivity contribution in [3.05, 3.63) is 54.1 Å². The molecule has 0 spiro atoms. The van der Waals surface area contributed by atoms with Gasteiger partial charge in [0, 0.05) is 18.4 Å². The van der Waals surface area contributed by atoms with E-state index in [9.17, 15) is 4.79 Å². The van der Waals surface area contributed by atoms with Gasteiger partial charge in [0.2, 0.25) is 0 Å². The standard InChI is InChI=1S/C21H26N2O4S/c1-3-4-12-26-19-7-5-6-16(15-19)20(24)23-21(28)22-17-8-10-18(11-9-17)27-14-13-25-2/h5-11,15H,3-4,12-14H2,1-2H3,(H2,22,23,24,28). The van der Waals surface area contributed by atoms with Crippen molar-refractivity contribution in [1.82, 2.24) is 5.32 Å². The lowest BCUT2D eigenvalue weighted by molar-refractivity contribution is 0.0977. The monoisotopic (exact) mass is 402 g/mol. The van der Waals surface area contributed by atoms with Crippen LogP contribution in [0.4, 0.5) is 5.69 Å². The molecule has 6 nitrogen and oxygen atoms in total. The summed E-state index contributed by atoms with van der Waals surface area (Å²) >= 11 is 5.23. The topological polar surface area (TPSA) is 68.8 Å². The van der Waals surface area contributed by atoms with Crippen LogP contribution in [0.2, 0.25) is 0 Å². The lowest BCUT2D eigenvalue weighted by atomic mass is 10.2. The molecule has 0 unspecified atom stereocenters. The van der Waals surface area contributed by atoms with Gasteiger partial charge >= 0.3 is 0 Å². The van der Waals surface area contributed by atoms with Gasteiger partial charge in [-0.2, -0.15) is 0 Å². The van der Waals surface area contributed by atoms with E-state index < -0.39 is 0 Å². The number of unbranched alkanes of at least 4 members (excludes halogenated alkanes) is 1. The Balaban J connectivity index is 1.85. The molecule has 0 aliphatic heterocycles. The molecule has 0 aromatic heterocycles. The highest BCUT2D eigenvalue weighted by Gasteiger charge is 2.09. The van der Waals surface area contributed by atoms with Gasteiger partial charge < -0.3 is 19.5 Å². The number of ether oxygens (including phenoxy) is 3. The molecule has 0 radical (unpaired) electrons. The van der Waals surface area contributed by atoms with E-state index in [2.05, 4.69) is 17.6 Å². The normalized spacial score (nSPS) is 10.2. The molecule has 2 N–H and O–H groups in total. The Morgan fingerprint density at radius 3 is 2.46 bits per heavy atom. The van der Waals surface area contributed by atoms with Gasteiger partial charge in [0.15, 0.2) is 5.11 Å². The molecule has 2 rings (SSSR count). The predicted octanol–water partition coefficient (Wildman–Crippen LogP) is 4.02. The van der Waals surface area contributed by atoms with Crippen molar-refractivity contribution >= 4 is 28.9 Å². The van der Waals surface area contributed by atoms with Crippen LogP contribution in [0.1, 0.15) is 30.1 Å². The summed E-state index contributed by atoms with van der Waals surface area (Å²) in [6.07, 6.45) is 2.03. The van der Waals surface area contributed by atoms with Crippen LogP contribution in [0.5, 0.6) is 11.5 Å². The van der Waals surface area contributed by atoms with Crippen LogP contribution in [-0.2, 0) is 4.74 Å². The first kappa shape index (κ1) is 21.7. The third-order valence-corrected chi connectivity index (χ3v) is 3.96. The number of rotatable bonds is 10. The third-order valence-electron chi connectivity index (χ3n) is 3.76. The van der Waals surface area contributed by atoms with Gasteiger partial charge in [-0.3, -0.25) is 10.1 Å². The van der Waals surface area contributed by atoms with Gasteiger partial charge in [-0.05, 0) is 61.1 Å². The van der Waals surface area contributed by atoms with Crippen molar-refractivity contribution in [2.24, 2.45) is 0 Å². The van der Waals surface area contributed by atoms with E-state index in [-0.39, 0.29) is 11.0 Å². The van der Waals surface area contributed by atoms with E-state index in [0.29, 0.717) is 31.1 Å². The Bertz CT molecular complexity index is 765. The molecule has 0 saturated heterocycles. The molecule has 7 heteroatoms. The average Bonchev–Trinajstić information content (AvgIpc) is 2.70. The summed E-state index contributed by atoms with van der Waals surface area (Å²) in [5.41, 5.74) is 1.24. The molecule has 0 fully saturated rings. The first-order valence-corrected chi connectivity index (χ1v) is 9.60. The molecule has 28 heavy (non-hydrogen) atoms. The highest BCUT2D eigenvalue weighted by atomic mass is 32.1. The van der Waals surface area contributed by atoms with Gasteiger partial charge in [-0.1, -0.05) is 19.4 Å². The Morgan fingerprint density at radius 2 is 1.75 bits per heavy atom. The maximum absolute atomic E-state index is 12.4. The van der Waals surface area contributed by atoms with E-state index in [1.54, 1.807) is 25.3 Å². The van der Waals surface area contributed by atoms with Gasteiger partial charge in [0.05, 0.1) is 13.2 Å². The van der Waals surface area contributed by atoms with Gasteiger partial charge in [0.25, 0.3) is 5.91 Å². The fraction of sp³-hybridized carbons (Fsp3) is 0.333. The minimum atomic E-state index is -0.294. The van der Waals surface area contributed by atoms with E-state index in [1.165, 1.54) is 0 Å². The van der Waals surface area contributed by atoms with Crippen molar-refractivity contribution in [1.29, 1.82) is 0 Å². The minimum Gasteiger partial charge on any atom is -0.494 e. The lowest BCUT2D eigenvalue weighted by Gasteiger charge is -2.11. The highest BCUT2D eigenvalue weighted by Crippen LogP contribution is 2.16. The molecule has 150 valence electrons. The molecule has 0 aliphatic rings. The largest absolute Gasteiger partial charge is 0.494 e. The van der Waals surface area contributed by atoms with E-state index >= 15 is 0 Å². The van der Waals surface area contributed by atoms with Crippen molar-refractivity contribution in [2.45, 2.75) is 19.8 Å². The zero-order valence-electron chi connectivity index (χ0n) is 16.2. The summed E-state index contributed by atoms with van der Waals surface area (Å²) in [6, 6.07) is 14.3. The molecule has 2 aromatic carbocycles. The zero-order valence-corrected chi connectivity index (χ0v) is 17.0. The van der Waals surface area contributed by atoms with Crippen LogP contribution < -0.4 is 20.1 Å². The number of thiocarbonyl (C=S) groups is 1. The number of carbonyl (C=O) groups is 1. The molecule has 1 amide bonds. The number of hydrogen-bond donors (Lipinski definition) is 2. The molecule has 0 bridgehead atoms. The number of nitrogens with one attached hydrogen (secondary N) is 2. The van der Waals surface area contributed by atoms with Crippen LogP contribution in [0, 0.1) is 0 Å². The Labute approximate surface area is 171 Å². The number of anilines is 1. The first-order chi connectivity index (χ1) is 13.6. The maximum atomic E-state index is 12.4. The van der Waals surface area contributed by atoms with Crippen LogP contribution in [0.25, 0.3) is 0 Å². The molecular formula is C21H26N2O4S. The van der Waals surface area contributed by atoms with E-state index in [1.807, 2.05) is 30.3 Å². The molecular weight excluding hydrogens is 376 g/mol. The molecule has 2 aromatic rings. The quantitative estimate of drug-likeness (QED) is 0.462. The molecule has 0 aliphatic carbocycles. The zero-order chi connectivity index (χ0) is 20.2. The maximum Gasteiger partial charge on any atom is 0.257 e. The minimum absolute atomic E-state index is 0.218. The van der Waals surface area contributed by atoms with Crippen LogP contribution in [0.3, 0.4) is 0 Å². The van der Waals surface area contributed by atoms with Crippen LogP contribution in [0.15, 0.2) is 48.5 Å².